The third-order valence-electron chi connectivity index (χ3n) is 5.03. The van der Waals surface area contributed by atoms with Crippen LogP contribution in [0.1, 0.15) is 24.0 Å². The molecule has 0 radical (unpaired) electrons. The molecule has 0 bridgehead atoms. The molecule has 1 aliphatic rings. The smallest absolute Gasteiger partial charge is 0.244 e. The SMILES string of the molecule is COc1c(Br)cc(Cl)cc1S(=O)(=O)NC1CCN(Cc2ccccc2C)CC1. The average molecular weight is 488 g/mol. The van der Waals surface area contributed by atoms with E-state index in [1.54, 1.807) is 6.07 Å². The predicted molar refractivity (Wildman–Crippen MR) is 116 cm³/mol. The van der Waals surface area contributed by atoms with Crippen LogP contribution in [-0.4, -0.2) is 39.6 Å². The van der Waals surface area contributed by atoms with E-state index >= 15 is 0 Å². The lowest BCUT2D eigenvalue weighted by Crippen LogP contribution is -2.44. The second-order valence-corrected chi connectivity index (χ2v) is 9.99. The Morgan fingerprint density at radius 2 is 1.93 bits per heavy atom. The highest BCUT2D eigenvalue weighted by molar-refractivity contribution is 9.10. The lowest BCUT2D eigenvalue weighted by Gasteiger charge is -2.32. The number of piperidine rings is 1. The minimum absolute atomic E-state index is 0.0525. The summed E-state index contributed by atoms with van der Waals surface area (Å²) >= 11 is 9.36. The van der Waals surface area contributed by atoms with Crippen molar-refractivity contribution in [3.63, 3.8) is 0 Å². The third-order valence-corrected chi connectivity index (χ3v) is 7.37. The Hall–Kier alpha value is -1.12. The van der Waals surface area contributed by atoms with Crippen molar-refractivity contribution in [3.05, 3.63) is 57.0 Å². The summed E-state index contributed by atoms with van der Waals surface area (Å²) in [4.78, 5) is 2.42. The van der Waals surface area contributed by atoms with Gasteiger partial charge in [0.2, 0.25) is 10.0 Å². The molecule has 0 spiro atoms. The van der Waals surface area contributed by atoms with Crippen LogP contribution in [0.25, 0.3) is 0 Å². The Labute approximate surface area is 180 Å². The van der Waals surface area contributed by atoms with Crippen LogP contribution in [0.5, 0.6) is 5.75 Å². The maximum absolute atomic E-state index is 12.9. The summed E-state index contributed by atoms with van der Waals surface area (Å²) in [6.07, 6.45) is 1.52. The summed E-state index contributed by atoms with van der Waals surface area (Å²) in [7, 11) is -2.30. The lowest BCUT2D eigenvalue weighted by molar-refractivity contribution is 0.199. The van der Waals surface area contributed by atoms with Crippen LogP contribution in [-0.2, 0) is 16.6 Å². The fourth-order valence-electron chi connectivity index (χ4n) is 3.45. The second-order valence-electron chi connectivity index (χ2n) is 7.02. The molecule has 0 saturated carbocycles. The molecular weight excluding hydrogens is 464 g/mol. The molecule has 1 N–H and O–H groups in total. The van der Waals surface area contributed by atoms with Gasteiger partial charge in [-0.15, -0.1) is 0 Å². The molecule has 2 aromatic rings. The number of methoxy groups -OCH3 is 1. The van der Waals surface area contributed by atoms with Crippen molar-refractivity contribution in [2.24, 2.45) is 0 Å². The number of benzene rings is 2. The van der Waals surface area contributed by atoms with Crippen LogP contribution in [0, 0.1) is 6.92 Å². The van der Waals surface area contributed by atoms with Gasteiger partial charge in [-0.1, -0.05) is 35.9 Å². The van der Waals surface area contributed by atoms with E-state index in [4.69, 9.17) is 16.3 Å². The number of nitrogens with one attached hydrogen (secondary N) is 1. The molecule has 0 amide bonds. The molecule has 152 valence electrons. The molecule has 1 aliphatic heterocycles. The molecule has 0 atom stereocenters. The molecular formula is C20H24BrClN2O3S. The van der Waals surface area contributed by atoms with Crippen molar-refractivity contribution in [1.29, 1.82) is 0 Å². The number of likely N-dealkylation sites (tertiary alicyclic amines) is 1. The van der Waals surface area contributed by atoms with Crippen LogP contribution in [0.4, 0.5) is 0 Å². The van der Waals surface area contributed by atoms with Gasteiger partial charge in [0.15, 0.2) is 5.75 Å². The highest BCUT2D eigenvalue weighted by Gasteiger charge is 2.28. The van der Waals surface area contributed by atoms with Crippen molar-refractivity contribution >= 4 is 37.6 Å². The van der Waals surface area contributed by atoms with E-state index in [1.165, 1.54) is 24.3 Å². The molecule has 8 heteroatoms. The molecule has 28 heavy (non-hydrogen) atoms. The number of aryl methyl sites for hydroxylation is 1. The van der Waals surface area contributed by atoms with E-state index in [2.05, 4.69) is 50.7 Å². The summed E-state index contributed by atoms with van der Waals surface area (Å²) in [5.74, 6) is 0.258. The Bertz CT molecular complexity index is 944. The molecule has 0 unspecified atom stereocenters. The number of nitrogens with zero attached hydrogens (tertiary/aromatic N) is 1. The Kier molecular flexibility index (Phi) is 7.04. The summed E-state index contributed by atoms with van der Waals surface area (Å²) in [5, 5.41) is 0.334. The number of hydrogen-bond donors (Lipinski definition) is 1. The summed E-state index contributed by atoms with van der Waals surface area (Å²) in [6, 6.07) is 11.3. The molecule has 1 fully saturated rings. The first-order valence-electron chi connectivity index (χ1n) is 9.12. The van der Waals surface area contributed by atoms with Crippen LogP contribution >= 0.6 is 27.5 Å². The maximum atomic E-state index is 12.9. The maximum Gasteiger partial charge on any atom is 0.244 e. The van der Waals surface area contributed by atoms with Crippen molar-refractivity contribution in [2.75, 3.05) is 20.2 Å². The summed E-state index contributed by atoms with van der Waals surface area (Å²) < 4.78 is 34.4. The normalized spacial score (nSPS) is 16.3. The number of halogens is 2. The van der Waals surface area contributed by atoms with E-state index in [0.717, 1.165) is 32.5 Å². The van der Waals surface area contributed by atoms with Crippen molar-refractivity contribution < 1.29 is 13.2 Å². The van der Waals surface area contributed by atoms with Gasteiger partial charge >= 0.3 is 0 Å². The zero-order valence-corrected chi connectivity index (χ0v) is 19.1. The van der Waals surface area contributed by atoms with Gasteiger partial charge in [-0.25, -0.2) is 13.1 Å². The van der Waals surface area contributed by atoms with Gasteiger partial charge in [-0.05, 0) is 59.0 Å². The summed E-state index contributed by atoms with van der Waals surface area (Å²) in [5.41, 5.74) is 2.60. The predicted octanol–water partition coefficient (Wildman–Crippen LogP) is 4.36. The third kappa shape index (κ3) is 5.07. The Morgan fingerprint density at radius 3 is 2.57 bits per heavy atom. The van der Waals surface area contributed by atoms with Crippen LogP contribution in [0.2, 0.25) is 5.02 Å². The minimum Gasteiger partial charge on any atom is -0.494 e. The Morgan fingerprint density at radius 1 is 1.25 bits per heavy atom. The highest BCUT2D eigenvalue weighted by Crippen LogP contribution is 2.35. The monoisotopic (exact) mass is 486 g/mol. The quantitative estimate of drug-likeness (QED) is 0.658. The molecule has 0 aromatic heterocycles. The van der Waals surface area contributed by atoms with Gasteiger partial charge in [0, 0.05) is 30.7 Å². The summed E-state index contributed by atoms with van der Waals surface area (Å²) in [6.45, 7) is 4.70. The fourth-order valence-corrected chi connectivity index (χ4v) is 6.14. The van der Waals surface area contributed by atoms with Crippen LogP contribution < -0.4 is 9.46 Å². The molecule has 2 aromatic carbocycles. The van der Waals surface area contributed by atoms with Gasteiger partial charge in [0.25, 0.3) is 0 Å². The second kappa shape index (κ2) is 9.13. The molecule has 5 nitrogen and oxygen atoms in total. The fraction of sp³-hybridized carbons (Fsp3) is 0.400. The largest absolute Gasteiger partial charge is 0.494 e. The van der Waals surface area contributed by atoms with Gasteiger partial charge < -0.3 is 4.74 Å². The zero-order chi connectivity index (χ0) is 20.3. The van der Waals surface area contributed by atoms with Crippen LogP contribution in [0.3, 0.4) is 0 Å². The number of hydrogen-bond acceptors (Lipinski definition) is 4. The average Bonchev–Trinajstić information content (AvgIpc) is 2.64. The first-order chi connectivity index (χ1) is 13.3. The van der Waals surface area contributed by atoms with Crippen molar-refractivity contribution in [1.82, 2.24) is 9.62 Å². The zero-order valence-electron chi connectivity index (χ0n) is 15.9. The van der Waals surface area contributed by atoms with Gasteiger partial charge in [0.1, 0.15) is 4.90 Å². The first-order valence-corrected chi connectivity index (χ1v) is 11.8. The van der Waals surface area contributed by atoms with Gasteiger partial charge in [-0.2, -0.15) is 0 Å². The lowest BCUT2D eigenvalue weighted by atomic mass is 10.0. The molecule has 1 heterocycles. The number of ether oxygens (including phenoxy) is 1. The standard InChI is InChI=1S/C20H24BrClN2O3S/c1-14-5-3-4-6-15(14)13-24-9-7-17(8-10-24)23-28(25,26)19-12-16(22)11-18(21)20(19)27-2/h3-6,11-12,17,23H,7-10,13H2,1-2H3. The van der Waals surface area contributed by atoms with E-state index < -0.39 is 10.0 Å². The van der Waals surface area contributed by atoms with E-state index in [0.29, 0.717) is 9.50 Å². The number of rotatable bonds is 6. The van der Waals surface area contributed by atoms with Crippen molar-refractivity contribution in [2.45, 2.75) is 37.2 Å². The Balaban J connectivity index is 1.65. The van der Waals surface area contributed by atoms with E-state index in [-0.39, 0.29) is 16.7 Å². The molecule has 3 rings (SSSR count). The number of sulfonamides is 1. The van der Waals surface area contributed by atoms with Crippen molar-refractivity contribution in [3.8, 4) is 5.75 Å². The van der Waals surface area contributed by atoms with E-state index in [1.807, 2.05) is 6.07 Å². The highest BCUT2D eigenvalue weighted by atomic mass is 79.9. The van der Waals surface area contributed by atoms with Gasteiger partial charge in [0.05, 0.1) is 11.6 Å². The minimum atomic E-state index is -3.74. The molecule has 0 aliphatic carbocycles. The first kappa shape index (κ1) is 21.6. The van der Waals surface area contributed by atoms with E-state index in [9.17, 15) is 8.42 Å². The topological polar surface area (TPSA) is 58.6 Å². The van der Waals surface area contributed by atoms with Crippen LogP contribution in [0.15, 0.2) is 45.8 Å². The molecule has 1 saturated heterocycles. The van der Waals surface area contributed by atoms with Gasteiger partial charge in [-0.3, -0.25) is 4.90 Å².